The second-order valence-electron chi connectivity index (χ2n) is 6.89. The van der Waals surface area contributed by atoms with Gasteiger partial charge in [-0.3, -0.25) is 4.52 Å². The first-order valence-electron chi connectivity index (χ1n) is 10.3. The zero-order chi connectivity index (χ0) is 18.6. The highest BCUT2D eigenvalue weighted by atomic mass is 32.2. The summed E-state index contributed by atoms with van der Waals surface area (Å²) in [7, 11) is -4.27. The van der Waals surface area contributed by atoms with Crippen molar-refractivity contribution in [2.45, 2.75) is 103 Å². The highest BCUT2D eigenvalue weighted by molar-refractivity contribution is 7.99. The minimum absolute atomic E-state index is 0.149. The van der Waals surface area contributed by atoms with Gasteiger partial charge in [-0.1, -0.05) is 90.4 Å². The number of hydrogen-bond donors (Lipinski definition) is 2. The van der Waals surface area contributed by atoms with Crippen LogP contribution < -0.4 is 0 Å². The molecular formula is C19H41O4PS. The maximum absolute atomic E-state index is 10.5. The number of unbranched alkanes of at least 4 members (excludes halogenated alkanes) is 13. The average molecular weight is 397 g/mol. The molecule has 0 amide bonds. The third-order valence-electron chi connectivity index (χ3n) is 4.33. The SMILES string of the molecule is CCCCCCCCCCCCCCCCSCCCOP(=O)(O)O. The molecular weight excluding hydrogens is 355 g/mol. The van der Waals surface area contributed by atoms with Crippen molar-refractivity contribution in [2.75, 3.05) is 18.1 Å². The highest BCUT2D eigenvalue weighted by Gasteiger charge is 2.12. The van der Waals surface area contributed by atoms with Crippen molar-refractivity contribution in [2.24, 2.45) is 0 Å². The Morgan fingerprint density at radius 2 is 1.08 bits per heavy atom. The molecule has 25 heavy (non-hydrogen) atoms. The van der Waals surface area contributed by atoms with Crippen LogP contribution in [0.5, 0.6) is 0 Å². The molecule has 0 bridgehead atoms. The quantitative estimate of drug-likeness (QED) is 0.177. The van der Waals surface area contributed by atoms with Crippen molar-refractivity contribution < 1.29 is 18.9 Å². The lowest BCUT2D eigenvalue weighted by molar-refractivity contribution is 0.198. The summed E-state index contributed by atoms with van der Waals surface area (Å²) in [4.78, 5) is 17.1. The topological polar surface area (TPSA) is 66.8 Å². The van der Waals surface area contributed by atoms with E-state index in [-0.39, 0.29) is 6.61 Å². The normalized spacial score (nSPS) is 12.0. The molecule has 2 N–H and O–H groups in total. The zero-order valence-electron chi connectivity index (χ0n) is 16.3. The van der Waals surface area contributed by atoms with E-state index >= 15 is 0 Å². The Morgan fingerprint density at radius 3 is 1.52 bits per heavy atom. The van der Waals surface area contributed by atoms with E-state index in [0.29, 0.717) is 6.42 Å². The van der Waals surface area contributed by atoms with Crippen LogP contribution >= 0.6 is 19.6 Å². The minimum Gasteiger partial charge on any atom is -0.303 e. The second kappa shape index (κ2) is 19.2. The fraction of sp³-hybridized carbons (Fsp3) is 1.00. The summed E-state index contributed by atoms with van der Waals surface area (Å²) in [6, 6.07) is 0. The van der Waals surface area contributed by atoms with Gasteiger partial charge in [0.2, 0.25) is 0 Å². The Hall–Kier alpha value is 0.460. The molecule has 0 heterocycles. The molecule has 0 spiro atoms. The van der Waals surface area contributed by atoms with Crippen LogP contribution in [0.15, 0.2) is 0 Å². The number of thioether (sulfide) groups is 1. The number of phosphoric acid groups is 1. The maximum atomic E-state index is 10.5. The summed E-state index contributed by atoms with van der Waals surface area (Å²) >= 11 is 1.86. The first kappa shape index (κ1) is 25.5. The summed E-state index contributed by atoms with van der Waals surface area (Å²) in [5.74, 6) is 2.06. The molecule has 4 nitrogen and oxygen atoms in total. The summed E-state index contributed by atoms with van der Waals surface area (Å²) in [6.07, 6.45) is 20.1. The van der Waals surface area contributed by atoms with Crippen LogP contribution in [-0.4, -0.2) is 27.9 Å². The van der Waals surface area contributed by atoms with Crippen LogP contribution in [0.4, 0.5) is 0 Å². The molecule has 0 fully saturated rings. The summed E-state index contributed by atoms with van der Waals surface area (Å²) in [6.45, 7) is 2.42. The lowest BCUT2D eigenvalue weighted by Crippen LogP contribution is -1.94. The van der Waals surface area contributed by atoms with Gasteiger partial charge in [-0.2, -0.15) is 11.8 Å². The zero-order valence-corrected chi connectivity index (χ0v) is 18.0. The van der Waals surface area contributed by atoms with E-state index in [1.165, 1.54) is 89.9 Å². The Bertz CT molecular complexity index is 310. The van der Waals surface area contributed by atoms with Crippen molar-refractivity contribution in [1.29, 1.82) is 0 Å². The third-order valence-corrected chi connectivity index (χ3v) is 6.01. The minimum atomic E-state index is -4.27. The molecule has 0 radical (unpaired) electrons. The Morgan fingerprint density at radius 1 is 0.680 bits per heavy atom. The van der Waals surface area contributed by atoms with Gasteiger partial charge >= 0.3 is 7.82 Å². The molecule has 152 valence electrons. The van der Waals surface area contributed by atoms with E-state index in [0.717, 1.165) is 11.5 Å². The number of rotatable bonds is 20. The molecule has 0 unspecified atom stereocenters. The van der Waals surface area contributed by atoms with Crippen molar-refractivity contribution >= 4 is 19.6 Å². The average Bonchev–Trinajstić information content (AvgIpc) is 2.56. The largest absolute Gasteiger partial charge is 0.469 e. The van der Waals surface area contributed by atoms with Gasteiger partial charge < -0.3 is 9.79 Å². The van der Waals surface area contributed by atoms with E-state index in [1.54, 1.807) is 0 Å². The molecule has 0 aliphatic rings. The van der Waals surface area contributed by atoms with Gasteiger partial charge in [-0.05, 0) is 24.3 Å². The van der Waals surface area contributed by atoms with Crippen molar-refractivity contribution in [3.63, 3.8) is 0 Å². The predicted molar refractivity (Wildman–Crippen MR) is 110 cm³/mol. The third kappa shape index (κ3) is 24.5. The van der Waals surface area contributed by atoms with Crippen molar-refractivity contribution in [3.8, 4) is 0 Å². The fourth-order valence-electron chi connectivity index (χ4n) is 2.85. The molecule has 0 aliphatic carbocycles. The van der Waals surface area contributed by atoms with Gasteiger partial charge in [0.15, 0.2) is 0 Å². The number of phosphoric ester groups is 1. The first-order valence-corrected chi connectivity index (χ1v) is 13.0. The van der Waals surface area contributed by atoms with Crippen LogP contribution in [0, 0.1) is 0 Å². The lowest BCUT2D eigenvalue weighted by atomic mass is 10.0. The molecule has 6 heteroatoms. The van der Waals surface area contributed by atoms with E-state index in [2.05, 4.69) is 11.4 Å². The van der Waals surface area contributed by atoms with Crippen molar-refractivity contribution in [3.05, 3.63) is 0 Å². The molecule has 0 saturated heterocycles. The molecule has 0 aromatic heterocycles. The molecule has 0 aromatic carbocycles. The molecule has 0 aromatic rings. The van der Waals surface area contributed by atoms with Crippen LogP contribution in [0.3, 0.4) is 0 Å². The van der Waals surface area contributed by atoms with E-state index in [9.17, 15) is 4.57 Å². The summed E-state index contributed by atoms with van der Waals surface area (Å²) < 4.78 is 14.9. The van der Waals surface area contributed by atoms with E-state index in [1.807, 2.05) is 11.8 Å². The number of hydrogen-bond acceptors (Lipinski definition) is 3. The predicted octanol–water partition coefficient (Wildman–Crippen LogP) is 6.70. The van der Waals surface area contributed by atoms with E-state index < -0.39 is 7.82 Å². The lowest BCUT2D eigenvalue weighted by Gasteiger charge is -2.05. The van der Waals surface area contributed by atoms with Crippen LogP contribution in [0.1, 0.15) is 103 Å². The Kier molecular flexibility index (Phi) is 19.6. The van der Waals surface area contributed by atoms with Gasteiger partial charge in [0.1, 0.15) is 0 Å². The van der Waals surface area contributed by atoms with Crippen molar-refractivity contribution in [1.82, 2.24) is 0 Å². The summed E-state index contributed by atoms with van der Waals surface area (Å²) in [5, 5.41) is 0. The van der Waals surface area contributed by atoms with Gasteiger partial charge in [-0.15, -0.1) is 0 Å². The van der Waals surface area contributed by atoms with E-state index in [4.69, 9.17) is 9.79 Å². The molecule has 0 atom stereocenters. The monoisotopic (exact) mass is 396 g/mol. The summed E-state index contributed by atoms with van der Waals surface area (Å²) in [5.41, 5.74) is 0. The Balaban J connectivity index is 3.02. The van der Waals surface area contributed by atoms with Gasteiger partial charge in [0, 0.05) is 0 Å². The Labute approximate surface area is 160 Å². The molecule has 0 aliphatic heterocycles. The standard InChI is InChI=1S/C19H41O4PS/c1-2-3-4-5-6-7-8-9-10-11-12-13-14-15-18-25-19-16-17-23-24(20,21)22/h2-19H2,1H3,(H2,20,21,22). The fourth-order valence-corrected chi connectivity index (χ4v) is 4.15. The van der Waals surface area contributed by atoms with Gasteiger partial charge in [0.05, 0.1) is 6.61 Å². The van der Waals surface area contributed by atoms with Gasteiger partial charge in [0.25, 0.3) is 0 Å². The maximum Gasteiger partial charge on any atom is 0.469 e. The van der Waals surface area contributed by atoms with Crippen LogP contribution in [-0.2, 0) is 9.09 Å². The van der Waals surface area contributed by atoms with Crippen LogP contribution in [0.25, 0.3) is 0 Å². The highest BCUT2D eigenvalue weighted by Crippen LogP contribution is 2.35. The van der Waals surface area contributed by atoms with Crippen LogP contribution in [0.2, 0.25) is 0 Å². The smallest absolute Gasteiger partial charge is 0.303 e. The molecule has 0 rings (SSSR count). The second-order valence-corrected chi connectivity index (χ2v) is 9.35. The first-order chi connectivity index (χ1) is 12.1. The van der Waals surface area contributed by atoms with Gasteiger partial charge in [-0.25, -0.2) is 4.57 Å². The molecule has 0 saturated carbocycles.